The monoisotopic (exact) mass is 245 g/mol. The standard InChI is InChI=1S/C15H19NO2/c17-15(16-10-12-9-13(12)11-16)7-4-8-18-14-5-2-1-3-6-14/h1-3,5-6,12-13H,4,7-11H2. The largest absolute Gasteiger partial charge is 0.494 e. The Morgan fingerprint density at radius 1 is 1.22 bits per heavy atom. The molecule has 1 saturated carbocycles. The molecule has 1 aliphatic carbocycles. The molecule has 0 spiro atoms. The number of piperidine rings is 1. The first kappa shape index (κ1) is 11.6. The highest BCUT2D eigenvalue weighted by atomic mass is 16.5. The first-order valence-corrected chi connectivity index (χ1v) is 6.78. The number of benzene rings is 1. The average molecular weight is 245 g/mol. The van der Waals surface area contributed by atoms with E-state index in [1.807, 2.05) is 35.2 Å². The van der Waals surface area contributed by atoms with Crippen molar-refractivity contribution in [3.63, 3.8) is 0 Å². The van der Waals surface area contributed by atoms with Gasteiger partial charge in [-0.05, 0) is 36.8 Å². The number of carbonyl (C=O) groups excluding carboxylic acids is 1. The van der Waals surface area contributed by atoms with Crippen LogP contribution in [0.25, 0.3) is 0 Å². The molecule has 0 radical (unpaired) electrons. The Morgan fingerprint density at radius 3 is 2.67 bits per heavy atom. The van der Waals surface area contributed by atoms with Gasteiger partial charge in [-0.1, -0.05) is 18.2 Å². The molecule has 3 heteroatoms. The molecule has 2 unspecified atom stereocenters. The SMILES string of the molecule is O=C(CCCOc1ccccc1)N1CC2CC2C1. The average Bonchev–Trinajstić information content (AvgIpc) is 3.02. The van der Waals surface area contributed by atoms with Crippen LogP contribution in [-0.4, -0.2) is 30.5 Å². The number of ether oxygens (including phenoxy) is 1. The molecule has 1 heterocycles. The third-order valence-corrected chi connectivity index (χ3v) is 3.88. The number of fused-ring (bicyclic) bond motifs is 1. The molecule has 96 valence electrons. The molecule has 1 aromatic carbocycles. The molecule has 3 nitrogen and oxygen atoms in total. The first-order chi connectivity index (χ1) is 8.83. The quantitative estimate of drug-likeness (QED) is 0.745. The van der Waals surface area contributed by atoms with E-state index < -0.39 is 0 Å². The Morgan fingerprint density at radius 2 is 1.94 bits per heavy atom. The molecule has 0 N–H and O–H groups in total. The molecule has 1 aliphatic heterocycles. The predicted molar refractivity (Wildman–Crippen MR) is 69.3 cm³/mol. The number of hydrogen-bond acceptors (Lipinski definition) is 2. The molecule has 2 atom stereocenters. The molecule has 18 heavy (non-hydrogen) atoms. The van der Waals surface area contributed by atoms with Crippen LogP contribution in [-0.2, 0) is 4.79 Å². The van der Waals surface area contributed by atoms with Crippen LogP contribution in [0.4, 0.5) is 0 Å². The van der Waals surface area contributed by atoms with Gasteiger partial charge in [0, 0.05) is 19.5 Å². The summed E-state index contributed by atoms with van der Waals surface area (Å²) in [5, 5.41) is 0. The first-order valence-electron chi connectivity index (χ1n) is 6.78. The Hall–Kier alpha value is -1.51. The molecule has 1 saturated heterocycles. The molecule has 2 aliphatic rings. The second-order valence-electron chi connectivity index (χ2n) is 5.32. The lowest BCUT2D eigenvalue weighted by atomic mass is 10.3. The lowest BCUT2D eigenvalue weighted by Crippen LogP contribution is -2.30. The minimum atomic E-state index is 0.305. The molecular formula is C15H19NO2. The lowest BCUT2D eigenvalue weighted by molar-refractivity contribution is -0.130. The van der Waals surface area contributed by atoms with Gasteiger partial charge in [0.2, 0.25) is 5.91 Å². The van der Waals surface area contributed by atoms with E-state index in [0.717, 1.165) is 37.1 Å². The fourth-order valence-electron chi connectivity index (χ4n) is 2.69. The van der Waals surface area contributed by atoms with Crippen LogP contribution in [0.5, 0.6) is 5.75 Å². The summed E-state index contributed by atoms with van der Waals surface area (Å²) in [5.74, 6) is 2.84. The van der Waals surface area contributed by atoms with Crippen molar-refractivity contribution in [2.75, 3.05) is 19.7 Å². The minimum absolute atomic E-state index is 0.305. The van der Waals surface area contributed by atoms with Gasteiger partial charge in [0.25, 0.3) is 0 Å². The zero-order valence-corrected chi connectivity index (χ0v) is 10.5. The summed E-state index contributed by atoms with van der Waals surface area (Å²) >= 11 is 0. The van der Waals surface area contributed by atoms with Crippen molar-refractivity contribution in [3.8, 4) is 5.75 Å². The molecule has 0 aromatic heterocycles. The van der Waals surface area contributed by atoms with Crippen molar-refractivity contribution < 1.29 is 9.53 Å². The van der Waals surface area contributed by atoms with Crippen molar-refractivity contribution in [1.29, 1.82) is 0 Å². The third-order valence-electron chi connectivity index (χ3n) is 3.88. The topological polar surface area (TPSA) is 29.5 Å². The van der Waals surface area contributed by atoms with Gasteiger partial charge in [-0.3, -0.25) is 4.79 Å². The molecule has 2 fully saturated rings. The number of para-hydroxylation sites is 1. The van der Waals surface area contributed by atoms with Crippen LogP contribution in [0.3, 0.4) is 0 Å². The van der Waals surface area contributed by atoms with E-state index in [2.05, 4.69) is 0 Å². The van der Waals surface area contributed by atoms with Gasteiger partial charge >= 0.3 is 0 Å². The van der Waals surface area contributed by atoms with Gasteiger partial charge in [-0.15, -0.1) is 0 Å². The normalized spacial score (nSPS) is 24.8. The summed E-state index contributed by atoms with van der Waals surface area (Å²) in [5.41, 5.74) is 0. The van der Waals surface area contributed by atoms with Crippen molar-refractivity contribution >= 4 is 5.91 Å². The maximum atomic E-state index is 11.9. The van der Waals surface area contributed by atoms with Crippen molar-refractivity contribution in [2.45, 2.75) is 19.3 Å². The number of rotatable bonds is 5. The zero-order chi connectivity index (χ0) is 12.4. The van der Waals surface area contributed by atoms with Gasteiger partial charge < -0.3 is 9.64 Å². The maximum absolute atomic E-state index is 11.9. The number of amides is 1. The molecule has 1 aromatic rings. The minimum Gasteiger partial charge on any atom is -0.494 e. The number of likely N-dealkylation sites (tertiary alicyclic amines) is 1. The fourth-order valence-corrected chi connectivity index (χ4v) is 2.69. The Balaban J connectivity index is 1.33. The van der Waals surface area contributed by atoms with E-state index in [-0.39, 0.29) is 0 Å². The zero-order valence-electron chi connectivity index (χ0n) is 10.5. The van der Waals surface area contributed by atoms with E-state index in [1.165, 1.54) is 6.42 Å². The number of hydrogen-bond donors (Lipinski definition) is 0. The van der Waals surface area contributed by atoms with Gasteiger partial charge in [-0.25, -0.2) is 0 Å². The van der Waals surface area contributed by atoms with Gasteiger partial charge in [0.1, 0.15) is 5.75 Å². The van der Waals surface area contributed by atoms with Crippen LogP contribution in [0.2, 0.25) is 0 Å². The second kappa shape index (κ2) is 5.01. The highest BCUT2D eigenvalue weighted by molar-refractivity contribution is 5.76. The summed E-state index contributed by atoms with van der Waals surface area (Å²) in [6, 6.07) is 9.76. The van der Waals surface area contributed by atoms with Gasteiger partial charge in [-0.2, -0.15) is 0 Å². The summed E-state index contributed by atoms with van der Waals surface area (Å²) in [6.45, 7) is 2.63. The Kier molecular flexibility index (Phi) is 3.22. The Bertz CT molecular complexity index is 408. The maximum Gasteiger partial charge on any atom is 0.222 e. The lowest BCUT2D eigenvalue weighted by Gasteiger charge is -2.17. The van der Waals surface area contributed by atoms with E-state index in [4.69, 9.17) is 4.74 Å². The van der Waals surface area contributed by atoms with Crippen LogP contribution < -0.4 is 4.74 Å². The highest BCUT2D eigenvalue weighted by Gasteiger charge is 2.46. The van der Waals surface area contributed by atoms with E-state index in [9.17, 15) is 4.79 Å². The Labute approximate surface area is 108 Å². The number of carbonyl (C=O) groups is 1. The fraction of sp³-hybridized carbons (Fsp3) is 0.533. The van der Waals surface area contributed by atoms with Crippen LogP contribution in [0.1, 0.15) is 19.3 Å². The summed E-state index contributed by atoms with van der Waals surface area (Å²) in [7, 11) is 0. The van der Waals surface area contributed by atoms with Crippen molar-refractivity contribution in [1.82, 2.24) is 4.90 Å². The van der Waals surface area contributed by atoms with Crippen LogP contribution >= 0.6 is 0 Å². The van der Waals surface area contributed by atoms with Crippen LogP contribution in [0.15, 0.2) is 30.3 Å². The van der Waals surface area contributed by atoms with E-state index >= 15 is 0 Å². The third kappa shape index (κ3) is 2.66. The predicted octanol–water partition coefficient (Wildman–Crippen LogP) is 2.32. The van der Waals surface area contributed by atoms with Crippen molar-refractivity contribution in [2.24, 2.45) is 11.8 Å². The van der Waals surface area contributed by atoms with E-state index in [0.29, 0.717) is 18.9 Å². The summed E-state index contributed by atoms with van der Waals surface area (Å²) in [6.07, 6.45) is 2.77. The number of nitrogens with zero attached hydrogens (tertiary/aromatic N) is 1. The molecule has 1 amide bonds. The molecule has 0 bridgehead atoms. The highest BCUT2D eigenvalue weighted by Crippen LogP contribution is 2.44. The second-order valence-corrected chi connectivity index (χ2v) is 5.32. The summed E-state index contributed by atoms with van der Waals surface area (Å²) in [4.78, 5) is 13.9. The summed E-state index contributed by atoms with van der Waals surface area (Å²) < 4.78 is 5.58. The van der Waals surface area contributed by atoms with Crippen molar-refractivity contribution in [3.05, 3.63) is 30.3 Å². The smallest absolute Gasteiger partial charge is 0.222 e. The van der Waals surface area contributed by atoms with E-state index in [1.54, 1.807) is 0 Å². The molecule has 3 rings (SSSR count). The van der Waals surface area contributed by atoms with Gasteiger partial charge in [0.05, 0.1) is 6.61 Å². The molecular weight excluding hydrogens is 226 g/mol. The van der Waals surface area contributed by atoms with Gasteiger partial charge in [0.15, 0.2) is 0 Å². The van der Waals surface area contributed by atoms with Crippen LogP contribution in [0, 0.1) is 11.8 Å².